The molecule has 100 valence electrons. The van der Waals surface area contributed by atoms with Gasteiger partial charge in [0.25, 0.3) is 0 Å². The maximum absolute atomic E-state index is 14.0. The van der Waals surface area contributed by atoms with Crippen LogP contribution < -0.4 is 5.32 Å². The molecular formula is C16H18FNS. The van der Waals surface area contributed by atoms with Crippen LogP contribution >= 0.6 is 11.8 Å². The summed E-state index contributed by atoms with van der Waals surface area (Å²) in [5.41, 5.74) is 3.40. The Bertz CT molecular complexity index is 581. The van der Waals surface area contributed by atoms with Crippen molar-refractivity contribution in [2.45, 2.75) is 30.2 Å². The molecule has 0 saturated carbocycles. The smallest absolute Gasteiger partial charge is 0.137 e. The molecule has 0 radical (unpaired) electrons. The van der Waals surface area contributed by atoms with Crippen molar-refractivity contribution in [1.82, 2.24) is 5.32 Å². The van der Waals surface area contributed by atoms with Gasteiger partial charge in [0.2, 0.25) is 0 Å². The normalized spacial score (nSPS) is 10.7. The van der Waals surface area contributed by atoms with Crippen LogP contribution in [0, 0.1) is 19.7 Å². The van der Waals surface area contributed by atoms with Gasteiger partial charge in [-0.15, -0.1) is 0 Å². The van der Waals surface area contributed by atoms with Crippen LogP contribution in [0.25, 0.3) is 0 Å². The van der Waals surface area contributed by atoms with Crippen LogP contribution in [0.15, 0.2) is 46.2 Å². The first-order valence-corrected chi connectivity index (χ1v) is 7.10. The zero-order valence-corrected chi connectivity index (χ0v) is 12.3. The summed E-state index contributed by atoms with van der Waals surface area (Å²) < 4.78 is 14.0. The van der Waals surface area contributed by atoms with Crippen molar-refractivity contribution >= 4 is 11.8 Å². The maximum atomic E-state index is 14.0. The van der Waals surface area contributed by atoms with Gasteiger partial charge in [-0.1, -0.05) is 41.6 Å². The second-order valence-corrected chi connectivity index (χ2v) is 5.68. The molecule has 0 aliphatic rings. The largest absolute Gasteiger partial charge is 0.316 e. The molecule has 2 aromatic rings. The summed E-state index contributed by atoms with van der Waals surface area (Å²) in [5.74, 6) is -0.155. The molecule has 0 amide bonds. The van der Waals surface area contributed by atoms with Crippen LogP contribution in [0.2, 0.25) is 0 Å². The minimum Gasteiger partial charge on any atom is -0.316 e. The third-order valence-electron chi connectivity index (χ3n) is 2.96. The Morgan fingerprint density at radius 1 is 1.16 bits per heavy atom. The highest BCUT2D eigenvalue weighted by Gasteiger charge is 2.11. The lowest BCUT2D eigenvalue weighted by molar-refractivity contribution is 0.594. The van der Waals surface area contributed by atoms with Gasteiger partial charge in [-0.25, -0.2) is 4.39 Å². The highest BCUT2D eigenvalue weighted by molar-refractivity contribution is 7.99. The molecule has 0 unspecified atom stereocenters. The molecule has 0 aliphatic carbocycles. The predicted octanol–water partition coefficient (Wildman–Crippen LogP) is 4.31. The van der Waals surface area contributed by atoms with Crippen molar-refractivity contribution in [3.8, 4) is 0 Å². The number of benzene rings is 2. The molecule has 0 atom stereocenters. The average molecular weight is 275 g/mol. The third-order valence-corrected chi connectivity index (χ3v) is 4.30. The lowest BCUT2D eigenvalue weighted by Gasteiger charge is -2.12. The van der Waals surface area contributed by atoms with E-state index in [1.807, 2.05) is 13.1 Å². The summed E-state index contributed by atoms with van der Waals surface area (Å²) in [6.07, 6.45) is 0. The van der Waals surface area contributed by atoms with E-state index in [0.717, 1.165) is 10.5 Å². The van der Waals surface area contributed by atoms with E-state index < -0.39 is 0 Å². The van der Waals surface area contributed by atoms with Crippen LogP contribution in [-0.4, -0.2) is 7.05 Å². The quantitative estimate of drug-likeness (QED) is 0.892. The van der Waals surface area contributed by atoms with Gasteiger partial charge >= 0.3 is 0 Å². The summed E-state index contributed by atoms with van der Waals surface area (Å²) in [6.45, 7) is 4.80. The summed E-state index contributed by atoms with van der Waals surface area (Å²) in [7, 11) is 1.87. The van der Waals surface area contributed by atoms with Gasteiger partial charge in [0.1, 0.15) is 5.82 Å². The van der Waals surface area contributed by atoms with E-state index >= 15 is 0 Å². The molecule has 2 rings (SSSR count). The topological polar surface area (TPSA) is 12.0 Å². The summed E-state index contributed by atoms with van der Waals surface area (Å²) >= 11 is 1.50. The number of hydrogen-bond donors (Lipinski definition) is 1. The Kier molecular flexibility index (Phi) is 4.61. The lowest BCUT2D eigenvalue weighted by atomic mass is 10.2. The summed E-state index contributed by atoms with van der Waals surface area (Å²) in [4.78, 5) is 1.82. The van der Waals surface area contributed by atoms with Gasteiger partial charge in [0.05, 0.1) is 4.90 Å². The molecule has 0 heterocycles. The first-order chi connectivity index (χ1) is 9.11. The van der Waals surface area contributed by atoms with E-state index in [-0.39, 0.29) is 5.82 Å². The monoisotopic (exact) mass is 275 g/mol. The predicted molar refractivity (Wildman–Crippen MR) is 79.2 cm³/mol. The van der Waals surface area contributed by atoms with Crippen LogP contribution in [0.3, 0.4) is 0 Å². The fourth-order valence-corrected chi connectivity index (χ4v) is 3.03. The zero-order chi connectivity index (χ0) is 13.8. The van der Waals surface area contributed by atoms with E-state index in [9.17, 15) is 4.39 Å². The average Bonchev–Trinajstić information content (AvgIpc) is 2.36. The second-order valence-electron chi connectivity index (χ2n) is 4.63. The fraction of sp³-hybridized carbons (Fsp3) is 0.250. The van der Waals surface area contributed by atoms with Crippen LogP contribution in [0.4, 0.5) is 4.39 Å². The molecular weight excluding hydrogens is 257 g/mol. The number of hydrogen-bond acceptors (Lipinski definition) is 2. The highest BCUT2D eigenvalue weighted by Crippen LogP contribution is 2.34. The summed E-state index contributed by atoms with van der Waals surface area (Å²) in [5, 5.41) is 3.08. The van der Waals surface area contributed by atoms with Gasteiger partial charge in [0, 0.05) is 11.4 Å². The second kappa shape index (κ2) is 6.22. The van der Waals surface area contributed by atoms with Gasteiger partial charge in [0.15, 0.2) is 0 Å². The number of halogens is 1. The Morgan fingerprint density at radius 3 is 2.63 bits per heavy atom. The SMILES string of the molecule is CNCc1cccc(F)c1Sc1ccc(C)cc1C. The Morgan fingerprint density at radius 2 is 1.95 bits per heavy atom. The fourth-order valence-electron chi connectivity index (χ4n) is 2.02. The highest BCUT2D eigenvalue weighted by atomic mass is 32.2. The van der Waals surface area contributed by atoms with Crippen molar-refractivity contribution in [2.75, 3.05) is 7.05 Å². The molecule has 1 N–H and O–H groups in total. The molecule has 0 bridgehead atoms. The van der Waals surface area contributed by atoms with E-state index in [4.69, 9.17) is 0 Å². The van der Waals surface area contributed by atoms with Crippen LogP contribution in [0.1, 0.15) is 16.7 Å². The van der Waals surface area contributed by atoms with E-state index in [2.05, 4.69) is 37.4 Å². The molecule has 0 aliphatic heterocycles. The maximum Gasteiger partial charge on any atom is 0.137 e. The standard InChI is InChI=1S/C16H18FNS/c1-11-7-8-15(12(2)9-11)19-16-13(10-18-3)5-4-6-14(16)17/h4-9,18H,10H2,1-3H3. The van der Waals surface area contributed by atoms with Crippen molar-refractivity contribution in [3.63, 3.8) is 0 Å². The van der Waals surface area contributed by atoms with E-state index in [1.165, 1.54) is 29.0 Å². The number of aryl methyl sites for hydroxylation is 2. The van der Waals surface area contributed by atoms with Gasteiger partial charge < -0.3 is 5.32 Å². The van der Waals surface area contributed by atoms with E-state index in [1.54, 1.807) is 6.07 Å². The first kappa shape index (κ1) is 14.1. The molecule has 0 spiro atoms. The van der Waals surface area contributed by atoms with E-state index in [0.29, 0.717) is 11.4 Å². The van der Waals surface area contributed by atoms with Crippen LogP contribution in [-0.2, 0) is 6.54 Å². The summed E-state index contributed by atoms with van der Waals surface area (Å²) in [6, 6.07) is 11.5. The van der Waals surface area contributed by atoms with Crippen molar-refractivity contribution < 1.29 is 4.39 Å². The van der Waals surface area contributed by atoms with Gasteiger partial charge in [-0.3, -0.25) is 0 Å². The molecule has 1 nitrogen and oxygen atoms in total. The zero-order valence-electron chi connectivity index (χ0n) is 11.5. The Balaban J connectivity index is 2.37. The van der Waals surface area contributed by atoms with Gasteiger partial charge in [-0.05, 0) is 44.2 Å². The minimum atomic E-state index is -0.155. The van der Waals surface area contributed by atoms with Crippen molar-refractivity contribution in [1.29, 1.82) is 0 Å². The van der Waals surface area contributed by atoms with Gasteiger partial charge in [-0.2, -0.15) is 0 Å². The van der Waals surface area contributed by atoms with Crippen LogP contribution in [0.5, 0.6) is 0 Å². The third kappa shape index (κ3) is 3.37. The molecule has 3 heteroatoms. The van der Waals surface area contributed by atoms with Crippen molar-refractivity contribution in [2.24, 2.45) is 0 Å². The molecule has 19 heavy (non-hydrogen) atoms. The first-order valence-electron chi connectivity index (χ1n) is 6.29. The Hall–Kier alpha value is -1.32. The molecule has 2 aromatic carbocycles. The molecule has 0 fully saturated rings. The Labute approximate surface area is 118 Å². The molecule has 0 aromatic heterocycles. The lowest BCUT2D eigenvalue weighted by Crippen LogP contribution is -2.06. The van der Waals surface area contributed by atoms with Crippen molar-refractivity contribution in [3.05, 3.63) is 58.9 Å². The number of nitrogens with one attached hydrogen (secondary N) is 1. The molecule has 0 saturated heterocycles. The minimum absolute atomic E-state index is 0.155. The number of rotatable bonds is 4.